The molecule has 0 radical (unpaired) electrons. The van der Waals surface area contributed by atoms with E-state index in [2.05, 4.69) is 21.7 Å². The van der Waals surface area contributed by atoms with Crippen molar-refractivity contribution in [3.8, 4) is 0 Å². The van der Waals surface area contributed by atoms with Gasteiger partial charge in [-0.25, -0.2) is 4.98 Å². The molecule has 2 fully saturated rings. The minimum Gasteiger partial charge on any atom is -0.378 e. The van der Waals surface area contributed by atoms with Gasteiger partial charge in [0.1, 0.15) is 5.82 Å². The molecule has 2 aliphatic rings. The Bertz CT molecular complexity index is 407. The molecule has 98 valence electrons. The molecule has 1 unspecified atom stereocenters. The Morgan fingerprint density at radius 1 is 1.33 bits per heavy atom. The summed E-state index contributed by atoms with van der Waals surface area (Å²) in [5, 5.41) is 0.691. The van der Waals surface area contributed by atoms with Gasteiger partial charge in [0.2, 0.25) is 0 Å². The second-order valence-corrected chi connectivity index (χ2v) is 5.50. The average molecular weight is 268 g/mol. The van der Waals surface area contributed by atoms with Crippen LogP contribution in [0.2, 0.25) is 5.02 Å². The SMILES string of the molecule is CC1CN(C2COC2)CCN1c1ccc(Cl)cn1. The molecule has 2 aliphatic heterocycles. The second-order valence-electron chi connectivity index (χ2n) is 5.06. The second kappa shape index (κ2) is 5.03. The smallest absolute Gasteiger partial charge is 0.128 e. The lowest BCUT2D eigenvalue weighted by molar-refractivity contribution is -0.0692. The lowest BCUT2D eigenvalue weighted by Crippen LogP contribution is -2.59. The van der Waals surface area contributed by atoms with E-state index in [1.54, 1.807) is 6.20 Å². The number of piperazine rings is 1. The normalized spacial score (nSPS) is 26.1. The highest BCUT2D eigenvalue weighted by molar-refractivity contribution is 6.30. The predicted octanol–water partition coefficient (Wildman–Crippen LogP) is 1.64. The Labute approximate surface area is 112 Å². The molecule has 5 heteroatoms. The third-order valence-corrected chi connectivity index (χ3v) is 4.03. The van der Waals surface area contributed by atoms with Crippen LogP contribution in [0.25, 0.3) is 0 Å². The van der Waals surface area contributed by atoms with Gasteiger partial charge in [-0.05, 0) is 19.1 Å². The number of pyridine rings is 1. The van der Waals surface area contributed by atoms with Crippen LogP contribution in [-0.4, -0.2) is 54.8 Å². The maximum absolute atomic E-state index is 5.87. The van der Waals surface area contributed by atoms with Crippen molar-refractivity contribution in [2.45, 2.75) is 19.0 Å². The molecule has 0 amide bonds. The van der Waals surface area contributed by atoms with Gasteiger partial charge >= 0.3 is 0 Å². The van der Waals surface area contributed by atoms with Crippen molar-refractivity contribution in [3.63, 3.8) is 0 Å². The molecule has 1 atom stereocenters. The molecule has 0 aromatic carbocycles. The Kier molecular flexibility index (Phi) is 3.41. The zero-order valence-corrected chi connectivity index (χ0v) is 11.3. The van der Waals surface area contributed by atoms with Crippen LogP contribution in [0.4, 0.5) is 5.82 Å². The highest BCUT2D eigenvalue weighted by atomic mass is 35.5. The number of hydrogen-bond acceptors (Lipinski definition) is 4. The van der Waals surface area contributed by atoms with Crippen molar-refractivity contribution >= 4 is 17.4 Å². The Balaban J connectivity index is 1.66. The molecule has 0 N–H and O–H groups in total. The summed E-state index contributed by atoms with van der Waals surface area (Å²) in [6.07, 6.45) is 1.72. The number of anilines is 1. The first kappa shape index (κ1) is 12.2. The summed E-state index contributed by atoms with van der Waals surface area (Å²) in [4.78, 5) is 9.29. The van der Waals surface area contributed by atoms with E-state index < -0.39 is 0 Å². The summed E-state index contributed by atoms with van der Waals surface area (Å²) < 4.78 is 5.27. The average Bonchev–Trinajstić information content (AvgIpc) is 2.29. The molecule has 0 saturated carbocycles. The van der Waals surface area contributed by atoms with Crippen molar-refractivity contribution < 1.29 is 4.74 Å². The fourth-order valence-corrected chi connectivity index (χ4v) is 2.74. The third kappa shape index (κ3) is 2.32. The summed E-state index contributed by atoms with van der Waals surface area (Å²) >= 11 is 5.87. The minimum absolute atomic E-state index is 0.480. The lowest BCUT2D eigenvalue weighted by Gasteiger charge is -2.46. The molecule has 2 saturated heterocycles. The van der Waals surface area contributed by atoms with Gasteiger partial charge in [-0.1, -0.05) is 11.6 Å². The van der Waals surface area contributed by atoms with Gasteiger partial charge in [-0.15, -0.1) is 0 Å². The van der Waals surface area contributed by atoms with Gasteiger partial charge in [-0.3, -0.25) is 4.90 Å². The van der Waals surface area contributed by atoms with Crippen LogP contribution in [0, 0.1) is 0 Å². The minimum atomic E-state index is 0.480. The predicted molar refractivity (Wildman–Crippen MR) is 72.2 cm³/mol. The molecule has 1 aromatic rings. The van der Waals surface area contributed by atoms with E-state index in [1.165, 1.54) is 0 Å². The maximum atomic E-state index is 5.87. The Hall–Kier alpha value is -0.840. The van der Waals surface area contributed by atoms with Crippen molar-refractivity contribution in [2.75, 3.05) is 37.7 Å². The van der Waals surface area contributed by atoms with Crippen molar-refractivity contribution in [1.82, 2.24) is 9.88 Å². The van der Waals surface area contributed by atoms with Gasteiger partial charge in [0.15, 0.2) is 0 Å². The molecular weight excluding hydrogens is 250 g/mol. The van der Waals surface area contributed by atoms with Gasteiger partial charge < -0.3 is 9.64 Å². The van der Waals surface area contributed by atoms with Crippen molar-refractivity contribution in [3.05, 3.63) is 23.4 Å². The molecule has 4 nitrogen and oxygen atoms in total. The van der Waals surface area contributed by atoms with E-state index in [-0.39, 0.29) is 0 Å². The summed E-state index contributed by atoms with van der Waals surface area (Å²) in [5.41, 5.74) is 0. The molecule has 18 heavy (non-hydrogen) atoms. The first-order chi connectivity index (χ1) is 8.74. The van der Waals surface area contributed by atoms with E-state index in [9.17, 15) is 0 Å². The summed E-state index contributed by atoms with van der Waals surface area (Å²) in [7, 11) is 0. The zero-order valence-electron chi connectivity index (χ0n) is 10.6. The molecule has 0 bridgehead atoms. The Morgan fingerprint density at radius 2 is 2.17 bits per heavy atom. The van der Waals surface area contributed by atoms with Gasteiger partial charge in [0, 0.05) is 31.9 Å². The molecule has 0 aliphatic carbocycles. The lowest BCUT2D eigenvalue weighted by atomic mass is 10.1. The third-order valence-electron chi connectivity index (χ3n) is 3.80. The van der Waals surface area contributed by atoms with Gasteiger partial charge in [-0.2, -0.15) is 0 Å². The van der Waals surface area contributed by atoms with Crippen LogP contribution >= 0.6 is 11.6 Å². The zero-order chi connectivity index (χ0) is 12.5. The maximum Gasteiger partial charge on any atom is 0.128 e. The molecule has 0 spiro atoms. The van der Waals surface area contributed by atoms with Crippen LogP contribution in [-0.2, 0) is 4.74 Å². The molecular formula is C13H18ClN3O. The number of aromatic nitrogens is 1. The Morgan fingerprint density at radius 3 is 2.72 bits per heavy atom. The van der Waals surface area contributed by atoms with Gasteiger partial charge in [0.05, 0.1) is 24.3 Å². The van der Waals surface area contributed by atoms with Crippen LogP contribution in [0.1, 0.15) is 6.92 Å². The van der Waals surface area contributed by atoms with Crippen LogP contribution in [0.5, 0.6) is 0 Å². The summed E-state index contributed by atoms with van der Waals surface area (Å²) in [6, 6.07) is 5.02. The highest BCUT2D eigenvalue weighted by Crippen LogP contribution is 2.22. The highest BCUT2D eigenvalue weighted by Gasteiger charge is 2.32. The van der Waals surface area contributed by atoms with Crippen molar-refractivity contribution in [2.24, 2.45) is 0 Å². The van der Waals surface area contributed by atoms with E-state index >= 15 is 0 Å². The largest absolute Gasteiger partial charge is 0.378 e. The monoisotopic (exact) mass is 267 g/mol. The molecule has 1 aromatic heterocycles. The van der Waals surface area contributed by atoms with Crippen molar-refractivity contribution in [1.29, 1.82) is 0 Å². The first-order valence-corrected chi connectivity index (χ1v) is 6.82. The summed E-state index contributed by atoms with van der Waals surface area (Å²) in [5.74, 6) is 1.02. The topological polar surface area (TPSA) is 28.6 Å². The van der Waals surface area contributed by atoms with Crippen LogP contribution in [0.3, 0.4) is 0 Å². The molecule has 3 heterocycles. The number of hydrogen-bond donors (Lipinski definition) is 0. The fourth-order valence-electron chi connectivity index (χ4n) is 2.63. The number of nitrogens with zero attached hydrogens (tertiary/aromatic N) is 3. The number of halogens is 1. The number of ether oxygens (including phenoxy) is 1. The van der Waals surface area contributed by atoms with Crippen LogP contribution < -0.4 is 4.90 Å². The number of rotatable bonds is 2. The first-order valence-electron chi connectivity index (χ1n) is 6.44. The van der Waals surface area contributed by atoms with E-state index in [0.717, 1.165) is 38.7 Å². The van der Waals surface area contributed by atoms with E-state index in [4.69, 9.17) is 16.3 Å². The van der Waals surface area contributed by atoms with Gasteiger partial charge in [0.25, 0.3) is 0 Å². The molecule has 3 rings (SSSR count). The van der Waals surface area contributed by atoms with E-state index in [0.29, 0.717) is 17.1 Å². The van der Waals surface area contributed by atoms with E-state index in [1.807, 2.05) is 12.1 Å². The fraction of sp³-hybridized carbons (Fsp3) is 0.615. The quantitative estimate of drug-likeness (QED) is 0.815. The van der Waals surface area contributed by atoms with Crippen LogP contribution in [0.15, 0.2) is 18.3 Å². The standard InChI is InChI=1S/C13H18ClN3O/c1-10-7-16(12-8-18-9-12)4-5-17(10)13-3-2-11(14)6-15-13/h2-3,6,10,12H,4-5,7-9H2,1H3. The summed E-state index contributed by atoms with van der Waals surface area (Å²) in [6.45, 7) is 7.23.